The van der Waals surface area contributed by atoms with E-state index in [1.54, 1.807) is 26.6 Å². The molecule has 2 saturated heterocycles. The zero-order valence-electron chi connectivity index (χ0n) is 14.5. The predicted molar refractivity (Wildman–Crippen MR) is 90.2 cm³/mol. The summed E-state index contributed by atoms with van der Waals surface area (Å²) in [6.45, 7) is 4.15. The van der Waals surface area contributed by atoms with Crippen molar-refractivity contribution < 1.29 is 14.3 Å². The molecule has 3 heterocycles. The molecule has 1 amide bonds. The maximum atomic E-state index is 12.3. The highest BCUT2D eigenvalue weighted by molar-refractivity contribution is 5.79. The van der Waals surface area contributed by atoms with Gasteiger partial charge in [-0.05, 0) is 19.3 Å². The molecule has 7 heteroatoms. The van der Waals surface area contributed by atoms with Crippen molar-refractivity contribution in [1.82, 2.24) is 14.9 Å². The minimum absolute atomic E-state index is 0.121. The van der Waals surface area contributed by atoms with Gasteiger partial charge in [-0.25, -0.2) is 9.97 Å². The van der Waals surface area contributed by atoms with Gasteiger partial charge in [0.25, 0.3) is 5.88 Å². The highest BCUT2D eigenvalue weighted by Gasteiger charge is 2.45. The lowest BCUT2D eigenvalue weighted by Gasteiger charge is -2.39. The van der Waals surface area contributed by atoms with Crippen molar-refractivity contribution in [3.63, 3.8) is 0 Å². The van der Waals surface area contributed by atoms with Crippen molar-refractivity contribution in [2.45, 2.75) is 25.7 Å². The molecule has 1 spiro atoms. The molecule has 0 saturated carbocycles. The van der Waals surface area contributed by atoms with Crippen molar-refractivity contribution in [3.05, 3.63) is 12.4 Å². The normalized spacial score (nSPS) is 20.0. The average molecular weight is 334 g/mol. The van der Waals surface area contributed by atoms with Crippen LogP contribution in [0.4, 0.5) is 5.82 Å². The second-order valence-corrected chi connectivity index (χ2v) is 6.71. The molecule has 0 N–H and O–H groups in total. The first-order valence-electron chi connectivity index (χ1n) is 8.54. The number of hydrogen-bond acceptors (Lipinski definition) is 6. The molecule has 2 aliphatic heterocycles. The van der Waals surface area contributed by atoms with Gasteiger partial charge in [0, 0.05) is 64.1 Å². The number of hydrogen-bond donors (Lipinski definition) is 0. The largest absolute Gasteiger partial charge is 0.478 e. The Labute approximate surface area is 143 Å². The fourth-order valence-electron chi connectivity index (χ4n) is 3.79. The zero-order valence-corrected chi connectivity index (χ0v) is 14.5. The summed E-state index contributed by atoms with van der Waals surface area (Å²) in [5.74, 6) is 1.66. The van der Waals surface area contributed by atoms with Crippen LogP contribution >= 0.6 is 0 Å². The van der Waals surface area contributed by atoms with Gasteiger partial charge in [-0.2, -0.15) is 0 Å². The van der Waals surface area contributed by atoms with E-state index in [9.17, 15) is 4.79 Å². The molecule has 132 valence electrons. The second-order valence-electron chi connectivity index (χ2n) is 6.71. The maximum Gasteiger partial charge on any atom is 0.257 e. The summed E-state index contributed by atoms with van der Waals surface area (Å²) in [6, 6.07) is 0. The molecule has 0 radical (unpaired) electrons. The van der Waals surface area contributed by atoms with E-state index in [0.29, 0.717) is 18.9 Å². The average Bonchev–Trinajstić information content (AvgIpc) is 2.91. The van der Waals surface area contributed by atoms with E-state index >= 15 is 0 Å². The Morgan fingerprint density at radius 3 is 2.67 bits per heavy atom. The van der Waals surface area contributed by atoms with Crippen LogP contribution in [0.3, 0.4) is 0 Å². The van der Waals surface area contributed by atoms with Crippen LogP contribution in [0.15, 0.2) is 12.4 Å². The third kappa shape index (κ3) is 3.45. The molecule has 7 nitrogen and oxygen atoms in total. The lowest BCUT2D eigenvalue weighted by Crippen LogP contribution is -2.42. The van der Waals surface area contributed by atoms with Gasteiger partial charge in [-0.1, -0.05) is 0 Å². The lowest BCUT2D eigenvalue weighted by atomic mass is 9.77. The van der Waals surface area contributed by atoms with Crippen LogP contribution in [-0.4, -0.2) is 67.8 Å². The number of carbonyl (C=O) groups excluding carboxylic acids is 1. The number of anilines is 1. The highest BCUT2D eigenvalue weighted by atomic mass is 16.5. The van der Waals surface area contributed by atoms with E-state index in [-0.39, 0.29) is 11.3 Å². The van der Waals surface area contributed by atoms with Crippen LogP contribution in [-0.2, 0) is 9.53 Å². The Balaban J connectivity index is 1.59. The second kappa shape index (κ2) is 7.34. The number of carbonyl (C=O) groups is 1. The fourth-order valence-corrected chi connectivity index (χ4v) is 3.79. The standard InChI is InChI=1S/C17H26N4O3/c1-23-11-3-8-21-13-17(12-14(21)22)4-9-20(10-5-17)15-16(24-2)19-7-6-18-15/h6-7H,3-5,8-13H2,1-2H3. The van der Waals surface area contributed by atoms with Crippen LogP contribution in [0.1, 0.15) is 25.7 Å². The molecule has 24 heavy (non-hydrogen) atoms. The van der Waals surface area contributed by atoms with Gasteiger partial charge in [-0.3, -0.25) is 4.79 Å². The maximum absolute atomic E-state index is 12.3. The summed E-state index contributed by atoms with van der Waals surface area (Å²) in [7, 11) is 3.32. The van der Waals surface area contributed by atoms with Crippen LogP contribution in [0.25, 0.3) is 0 Å². The summed E-state index contributed by atoms with van der Waals surface area (Å²) in [5.41, 5.74) is 0.121. The van der Waals surface area contributed by atoms with Crippen molar-refractivity contribution in [3.8, 4) is 5.88 Å². The Kier molecular flexibility index (Phi) is 5.18. The SMILES string of the molecule is COCCCN1CC2(CCN(c3nccnc3OC)CC2)CC1=O. The third-order valence-electron chi connectivity index (χ3n) is 5.15. The van der Waals surface area contributed by atoms with E-state index in [2.05, 4.69) is 14.9 Å². The number of amides is 1. The Hall–Kier alpha value is -1.89. The molecule has 1 aromatic heterocycles. The first-order chi connectivity index (χ1) is 11.7. The number of likely N-dealkylation sites (tertiary alicyclic amines) is 1. The highest BCUT2D eigenvalue weighted by Crippen LogP contribution is 2.42. The first-order valence-corrected chi connectivity index (χ1v) is 8.54. The van der Waals surface area contributed by atoms with Crippen molar-refractivity contribution >= 4 is 11.7 Å². The summed E-state index contributed by atoms with van der Waals surface area (Å²) in [5, 5.41) is 0. The summed E-state index contributed by atoms with van der Waals surface area (Å²) in [4.78, 5) is 25.2. The van der Waals surface area contributed by atoms with E-state index < -0.39 is 0 Å². The molecular formula is C17H26N4O3. The van der Waals surface area contributed by atoms with E-state index in [0.717, 1.165) is 51.3 Å². The van der Waals surface area contributed by atoms with Gasteiger partial charge in [-0.15, -0.1) is 0 Å². The Morgan fingerprint density at radius 1 is 1.21 bits per heavy atom. The smallest absolute Gasteiger partial charge is 0.257 e. The number of methoxy groups -OCH3 is 2. The van der Waals surface area contributed by atoms with Gasteiger partial charge >= 0.3 is 0 Å². The Morgan fingerprint density at radius 2 is 1.96 bits per heavy atom. The van der Waals surface area contributed by atoms with Gasteiger partial charge in [0.15, 0.2) is 5.82 Å². The molecule has 0 bridgehead atoms. The number of ether oxygens (including phenoxy) is 2. The fraction of sp³-hybridized carbons (Fsp3) is 0.706. The van der Waals surface area contributed by atoms with Gasteiger partial charge < -0.3 is 19.3 Å². The van der Waals surface area contributed by atoms with Crippen LogP contribution in [0.5, 0.6) is 5.88 Å². The van der Waals surface area contributed by atoms with Crippen molar-refractivity contribution in [1.29, 1.82) is 0 Å². The molecule has 0 aliphatic carbocycles. The molecule has 0 aromatic carbocycles. The molecule has 0 atom stereocenters. The van der Waals surface area contributed by atoms with Crippen LogP contribution in [0, 0.1) is 5.41 Å². The number of piperidine rings is 1. The van der Waals surface area contributed by atoms with Crippen molar-refractivity contribution in [2.24, 2.45) is 5.41 Å². The minimum Gasteiger partial charge on any atom is -0.478 e. The molecule has 1 aromatic rings. The van der Waals surface area contributed by atoms with Crippen LogP contribution in [0.2, 0.25) is 0 Å². The molecule has 2 fully saturated rings. The summed E-state index contributed by atoms with van der Waals surface area (Å²) in [6.07, 6.45) is 6.91. The topological polar surface area (TPSA) is 67.8 Å². The summed E-state index contributed by atoms with van der Waals surface area (Å²) < 4.78 is 10.4. The van der Waals surface area contributed by atoms with E-state index in [1.807, 2.05) is 4.90 Å². The van der Waals surface area contributed by atoms with Crippen molar-refractivity contribution in [2.75, 3.05) is 51.9 Å². The third-order valence-corrected chi connectivity index (χ3v) is 5.15. The van der Waals surface area contributed by atoms with E-state index in [4.69, 9.17) is 9.47 Å². The summed E-state index contributed by atoms with van der Waals surface area (Å²) >= 11 is 0. The number of rotatable bonds is 6. The first kappa shape index (κ1) is 17.0. The Bertz CT molecular complexity index is 573. The van der Waals surface area contributed by atoms with Gasteiger partial charge in [0.2, 0.25) is 5.91 Å². The van der Waals surface area contributed by atoms with E-state index in [1.165, 1.54) is 0 Å². The quantitative estimate of drug-likeness (QED) is 0.732. The zero-order chi connectivity index (χ0) is 17.0. The molecular weight excluding hydrogens is 308 g/mol. The number of aromatic nitrogens is 2. The lowest BCUT2D eigenvalue weighted by molar-refractivity contribution is -0.128. The number of nitrogens with zero attached hydrogens (tertiary/aromatic N) is 4. The molecule has 2 aliphatic rings. The molecule has 0 unspecified atom stereocenters. The monoisotopic (exact) mass is 334 g/mol. The minimum atomic E-state index is 0.121. The van der Waals surface area contributed by atoms with Gasteiger partial charge in [0.1, 0.15) is 0 Å². The molecule has 3 rings (SSSR count). The van der Waals surface area contributed by atoms with Gasteiger partial charge in [0.05, 0.1) is 7.11 Å². The predicted octanol–water partition coefficient (Wildman–Crippen LogP) is 1.34. The van der Waals surface area contributed by atoms with Crippen LogP contribution < -0.4 is 9.64 Å².